The third-order valence-electron chi connectivity index (χ3n) is 3.04. The monoisotopic (exact) mass is 265 g/mol. The van der Waals surface area contributed by atoms with Gasteiger partial charge in [-0.25, -0.2) is 13.4 Å². The Morgan fingerprint density at radius 3 is 2.94 bits per heavy atom. The summed E-state index contributed by atoms with van der Waals surface area (Å²) in [7, 11) is -2.85. The Morgan fingerprint density at radius 1 is 1.56 bits per heavy atom. The number of hydrogen-bond donors (Lipinski definition) is 1. The van der Waals surface area contributed by atoms with E-state index in [1.165, 1.54) is 0 Å². The molecule has 1 aromatic heterocycles. The van der Waals surface area contributed by atoms with Crippen molar-refractivity contribution in [3.63, 3.8) is 0 Å². The molecule has 6 heteroatoms. The summed E-state index contributed by atoms with van der Waals surface area (Å²) in [5, 5.41) is 12.0. The number of pyridine rings is 1. The summed E-state index contributed by atoms with van der Waals surface area (Å²) in [5.41, 5.74) is 1.32. The molecular weight excluding hydrogens is 250 g/mol. The van der Waals surface area contributed by atoms with Gasteiger partial charge >= 0.3 is 0 Å². The lowest BCUT2D eigenvalue weighted by Crippen LogP contribution is -2.17. The summed E-state index contributed by atoms with van der Waals surface area (Å²) in [6.07, 6.45) is 0.684. The Kier molecular flexibility index (Phi) is 3.53. The van der Waals surface area contributed by atoms with Gasteiger partial charge in [0.2, 0.25) is 0 Å². The minimum Gasteiger partial charge on any atom is -0.369 e. The van der Waals surface area contributed by atoms with E-state index in [0.717, 1.165) is 5.69 Å². The van der Waals surface area contributed by atoms with Gasteiger partial charge < -0.3 is 5.32 Å². The molecule has 0 radical (unpaired) electrons. The number of sulfone groups is 1. The van der Waals surface area contributed by atoms with Crippen molar-refractivity contribution in [3.05, 3.63) is 23.4 Å². The van der Waals surface area contributed by atoms with Crippen LogP contribution in [0.2, 0.25) is 0 Å². The molecule has 0 spiro atoms. The number of rotatable bonds is 3. The molecule has 0 aliphatic carbocycles. The zero-order chi connectivity index (χ0) is 13.2. The van der Waals surface area contributed by atoms with E-state index in [4.69, 9.17) is 5.26 Å². The first kappa shape index (κ1) is 12.8. The minimum atomic E-state index is -2.85. The quantitative estimate of drug-likeness (QED) is 0.885. The van der Waals surface area contributed by atoms with Crippen LogP contribution in [0.1, 0.15) is 17.7 Å². The van der Waals surface area contributed by atoms with Gasteiger partial charge in [0.25, 0.3) is 0 Å². The third kappa shape index (κ3) is 2.99. The van der Waals surface area contributed by atoms with Gasteiger partial charge in [0.15, 0.2) is 9.84 Å². The fourth-order valence-electron chi connectivity index (χ4n) is 2.06. The molecule has 1 aromatic rings. The Morgan fingerprint density at radius 2 is 2.33 bits per heavy atom. The van der Waals surface area contributed by atoms with Gasteiger partial charge in [-0.15, -0.1) is 0 Å². The standard InChI is InChI=1S/C12H15N3O2S/c1-9-2-3-11(6-13)12(15-9)14-7-10-4-5-18(16,17)8-10/h2-3,10H,4-5,7-8H2,1H3,(H,14,15). The highest BCUT2D eigenvalue weighted by atomic mass is 32.2. The molecule has 1 N–H and O–H groups in total. The van der Waals surface area contributed by atoms with Gasteiger partial charge in [-0.3, -0.25) is 0 Å². The molecule has 1 aliphatic heterocycles. The van der Waals surface area contributed by atoms with E-state index in [1.807, 2.05) is 6.92 Å². The van der Waals surface area contributed by atoms with E-state index in [1.54, 1.807) is 12.1 Å². The van der Waals surface area contributed by atoms with Gasteiger partial charge in [-0.05, 0) is 31.4 Å². The number of nitrogens with one attached hydrogen (secondary N) is 1. The number of anilines is 1. The molecule has 1 atom stereocenters. The van der Waals surface area contributed by atoms with Gasteiger partial charge in [-0.1, -0.05) is 0 Å². The summed E-state index contributed by atoms with van der Waals surface area (Å²) in [6, 6.07) is 5.57. The van der Waals surface area contributed by atoms with Crippen LogP contribution in [0.5, 0.6) is 0 Å². The molecule has 0 bridgehead atoms. The van der Waals surface area contributed by atoms with Gasteiger partial charge in [0, 0.05) is 12.2 Å². The normalized spacial score (nSPS) is 21.4. The van der Waals surface area contributed by atoms with Crippen molar-refractivity contribution in [1.29, 1.82) is 5.26 Å². The van der Waals surface area contributed by atoms with Crippen LogP contribution < -0.4 is 5.32 Å². The van der Waals surface area contributed by atoms with E-state index in [0.29, 0.717) is 24.3 Å². The zero-order valence-electron chi connectivity index (χ0n) is 10.2. The minimum absolute atomic E-state index is 0.115. The molecule has 96 valence electrons. The van der Waals surface area contributed by atoms with E-state index in [2.05, 4.69) is 16.4 Å². The molecule has 1 fully saturated rings. The second-order valence-corrected chi connectivity index (χ2v) is 6.84. The predicted octanol–water partition coefficient (Wildman–Crippen LogP) is 1.11. The first-order chi connectivity index (χ1) is 8.50. The summed E-state index contributed by atoms with van der Waals surface area (Å²) in [5.74, 6) is 1.16. The highest BCUT2D eigenvalue weighted by molar-refractivity contribution is 7.91. The maximum atomic E-state index is 11.3. The van der Waals surface area contributed by atoms with Gasteiger partial charge in [0.05, 0.1) is 17.1 Å². The van der Waals surface area contributed by atoms with E-state index in [-0.39, 0.29) is 17.4 Å². The second-order valence-electron chi connectivity index (χ2n) is 4.61. The maximum absolute atomic E-state index is 11.3. The first-order valence-corrected chi connectivity index (χ1v) is 7.64. The zero-order valence-corrected chi connectivity index (χ0v) is 11.0. The lowest BCUT2D eigenvalue weighted by atomic mass is 10.1. The van der Waals surface area contributed by atoms with Crippen molar-refractivity contribution in [2.75, 3.05) is 23.4 Å². The van der Waals surface area contributed by atoms with Crippen molar-refractivity contribution in [2.24, 2.45) is 5.92 Å². The van der Waals surface area contributed by atoms with E-state index >= 15 is 0 Å². The van der Waals surface area contributed by atoms with Crippen LogP contribution in [-0.4, -0.2) is 31.5 Å². The van der Waals surface area contributed by atoms with E-state index < -0.39 is 9.84 Å². The lowest BCUT2D eigenvalue weighted by Gasteiger charge is -2.11. The molecule has 0 saturated carbocycles. The average molecular weight is 265 g/mol. The van der Waals surface area contributed by atoms with Crippen molar-refractivity contribution in [3.8, 4) is 6.07 Å². The molecule has 5 nitrogen and oxygen atoms in total. The van der Waals surface area contributed by atoms with Crippen LogP contribution in [0.25, 0.3) is 0 Å². The van der Waals surface area contributed by atoms with Crippen LogP contribution in [0, 0.1) is 24.2 Å². The summed E-state index contributed by atoms with van der Waals surface area (Å²) in [4.78, 5) is 4.26. The second kappa shape index (κ2) is 4.94. The molecule has 0 aromatic carbocycles. The fourth-order valence-corrected chi connectivity index (χ4v) is 3.92. The largest absolute Gasteiger partial charge is 0.369 e. The molecule has 1 unspecified atom stereocenters. The molecule has 2 rings (SSSR count). The average Bonchev–Trinajstić information content (AvgIpc) is 2.66. The number of nitrogens with zero attached hydrogens (tertiary/aromatic N) is 2. The lowest BCUT2D eigenvalue weighted by molar-refractivity contribution is 0.595. The van der Waals surface area contributed by atoms with Crippen LogP contribution in [0.4, 0.5) is 5.82 Å². The maximum Gasteiger partial charge on any atom is 0.150 e. The van der Waals surface area contributed by atoms with Crippen LogP contribution >= 0.6 is 0 Å². The van der Waals surface area contributed by atoms with Crippen molar-refractivity contribution in [1.82, 2.24) is 4.98 Å². The Bertz CT molecular complexity index is 590. The smallest absolute Gasteiger partial charge is 0.150 e. The first-order valence-electron chi connectivity index (χ1n) is 5.82. The molecule has 2 heterocycles. The van der Waals surface area contributed by atoms with Crippen molar-refractivity contribution < 1.29 is 8.42 Å². The highest BCUT2D eigenvalue weighted by Crippen LogP contribution is 2.20. The number of aryl methyl sites for hydroxylation is 1. The van der Waals surface area contributed by atoms with Gasteiger partial charge in [0.1, 0.15) is 11.9 Å². The summed E-state index contributed by atoms with van der Waals surface area (Å²) >= 11 is 0. The molecule has 1 saturated heterocycles. The Hall–Kier alpha value is -1.61. The number of aromatic nitrogens is 1. The van der Waals surface area contributed by atoms with Crippen LogP contribution in [-0.2, 0) is 9.84 Å². The third-order valence-corrected chi connectivity index (χ3v) is 4.88. The molecule has 18 heavy (non-hydrogen) atoms. The highest BCUT2D eigenvalue weighted by Gasteiger charge is 2.27. The number of nitriles is 1. The molecule has 0 amide bonds. The summed E-state index contributed by atoms with van der Waals surface area (Å²) < 4.78 is 22.7. The number of hydrogen-bond acceptors (Lipinski definition) is 5. The van der Waals surface area contributed by atoms with Crippen LogP contribution in [0.3, 0.4) is 0 Å². The summed E-state index contributed by atoms with van der Waals surface area (Å²) in [6.45, 7) is 2.40. The molecule has 1 aliphatic rings. The van der Waals surface area contributed by atoms with Gasteiger partial charge in [-0.2, -0.15) is 5.26 Å². The predicted molar refractivity (Wildman–Crippen MR) is 68.9 cm³/mol. The SMILES string of the molecule is Cc1ccc(C#N)c(NCC2CCS(=O)(=O)C2)n1. The van der Waals surface area contributed by atoms with E-state index in [9.17, 15) is 8.42 Å². The fraction of sp³-hybridized carbons (Fsp3) is 0.500. The van der Waals surface area contributed by atoms with Crippen molar-refractivity contribution in [2.45, 2.75) is 13.3 Å². The Balaban J connectivity index is 2.03. The Labute approximate surface area is 107 Å². The van der Waals surface area contributed by atoms with Crippen molar-refractivity contribution >= 4 is 15.7 Å². The van der Waals surface area contributed by atoms with Crippen LogP contribution in [0.15, 0.2) is 12.1 Å². The molecular formula is C12H15N3O2S. The topological polar surface area (TPSA) is 82.9 Å².